The molecule has 0 atom stereocenters. The van der Waals surface area contributed by atoms with Gasteiger partial charge in [0.1, 0.15) is 11.3 Å². The highest BCUT2D eigenvalue weighted by atomic mass is 19.1. The molecule has 24 heavy (non-hydrogen) atoms. The maximum atomic E-state index is 13.9. The molecule has 3 aromatic rings. The van der Waals surface area contributed by atoms with Gasteiger partial charge in [0.05, 0.1) is 6.54 Å². The largest absolute Gasteiger partial charge is 0.368 e. The van der Waals surface area contributed by atoms with Crippen molar-refractivity contribution in [3.8, 4) is 0 Å². The molecule has 1 fully saturated rings. The first kappa shape index (κ1) is 15.0. The number of hydrogen-bond donors (Lipinski definition) is 0. The lowest BCUT2D eigenvalue weighted by atomic mass is 10.1. The molecule has 0 spiro atoms. The number of piperazine rings is 1. The predicted molar refractivity (Wildman–Crippen MR) is 88.2 cm³/mol. The molecule has 0 radical (unpaired) electrons. The quantitative estimate of drug-likeness (QED) is 0.736. The van der Waals surface area contributed by atoms with Crippen LogP contribution in [0.25, 0.3) is 10.9 Å². The Kier molecular flexibility index (Phi) is 3.86. The molecule has 2 aromatic heterocycles. The van der Waals surface area contributed by atoms with Crippen molar-refractivity contribution in [3.63, 3.8) is 0 Å². The number of hydrogen-bond acceptors (Lipinski definition) is 6. The molecule has 1 aromatic carbocycles. The zero-order valence-electron chi connectivity index (χ0n) is 13.4. The van der Waals surface area contributed by atoms with E-state index in [2.05, 4.69) is 24.9 Å². The van der Waals surface area contributed by atoms with E-state index in [1.54, 1.807) is 19.2 Å². The molecule has 4 rings (SSSR count). The van der Waals surface area contributed by atoms with Crippen LogP contribution in [-0.4, -0.2) is 46.2 Å². The normalized spacial score (nSPS) is 16.0. The Morgan fingerprint density at radius 2 is 2.00 bits per heavy atom. The summed E-state index contributed by atoms with van der Waals surface area (Å²) in [6.45, 7) is 6.01. The summed E-state index contributed by atoms with van der Waals surface area (Å²) in [4.78, 5) is 13.0. The lowest BCUT2D eigenvalue weighted by molar-refractivity contribution is 0.240. The van der Waals surface area contributed by atoms with Crippen LogP contribution in [-0.2, 0) is 6.54 Å². The van der Waals surface area contributed by atoms with E-state index in [4.69, 9.17) is 4.52 Å². The van der Waals surface area contributed by atoms with E-state index >= 15 is 0 Å². The summed E-state index contributed by atoms with van der Waals surface area (Å²) in [6.07, 6.45) is 1.68. The van der Waals surface area contributed by atoms with Gasteiger partial charge in [-0.2, -0.15) is 4.98 Å². The summed E-state index contributed by atoms with van der Waals surface area (Å²) in [5.74, 6) is 1.03. The number of aryl methyl sites for hydroxylation is 1. The molecule has 3 heterocycles. The minimum atomic E-state index is -0.277. The van der Waals surface area contributed by atoms with Gasteiger partial charge in [0.25, 0.3) is 0 Å². The summed E-state index contributed by atoms with van der Waals surface area (Å²) in [5.41, 5.74) is 1.47. The molecule has 1 saturated heterocycles. The SMILES string of the molecule is Cc1nc(CN2CCN(c3ccnc4c(F)cccc34)CC2)no1. The second-order valence-corrected chi connectivity index (χ2v) is 5.96. The first-order valence-corrected chi connectivity index (χ1v) is 8.00. The van der Waals surface area contributed by atoms with Crippen LogP contribution in [0.3, 0.4) is 0 Å². The number of anilines is 1. The Morgan fingerprint density at radius 3 is 2.75 bits per heavy atom. The van der Waals surface area contributed by atoms with Crippen molar-refractivity contribution in [1.82, 2.24) is 20.0 Å². The highest BCUT2D eigenvalue weighted by Gasteiger charge is 2.20. The van der Waals surface area contributed by atoms with Gasteiger partial charge in [0, 0.05) is 50.4 Å². The van der Waals surface area contributed by atoms with Gasteiger partial charge in [-0.1, -0.05) is 17.3 Å². The fourth-order valence-electron chi connectivity index (χ4n) is 3.15. The van der Waals surface area contributed by atoms with E-state index < -0.39 is 0 Å². The summed E-state index contributed by atoms with van der Waals surface area (Å²) < 4.78 is 18.9. The molecule has 7 heteroatoms. The lowest BCUT2D eigenvalue weighted by Crippen LogP contribution is -2.46. The van der Waals surface area contributed by atoms with Gasteiger partial charge in [-0.05, 0) is 12.1 Å². The van der Waals surface area contributed by atoms with Gasteiger partial charge in [-0.25, -0.2) is 4.39 Å². The Morgan fingerprint density at radius 1 is 1.17 bits per heavy atom. The first-order chi connectivity index (χ1) is 11.7. The van der Waals surface area contributed by atoms with Crippen LogP contribution in [0, 0.1) is 12.7 Å². The van der Waals surface area contributed by atoms with E-state index in [0.717, 1.165) is 43.1 Å². The Labute approximate surface area is 138 Å². The third-order valence-corrected chi connectivity index (χ3v) is 4.35. The zero-order chi connectivity index (χ0) is 16.5. The highest BCUT2D eigenvalue weighted by molar-refractivity contribution is 5.91. The van der Waals surface area contributed by atoms with Crippen LogP contribution in [0.15, 0.2) is 35.0 Å². The predicted octanol–water partition coefficient (Wildman–Crippen LogP) is 2.39. The van der Waals surface area contributed by atoms with Crippen molar-refractivity contribution in [2.45, 2.75) is 13.5 Å². The van der Waals surface area contributed by atoms with Gasteiger partial charge < -0.3 is 9.42 Å². The number of benzene rings is 1. The smallest absolute Gasteiger partial charge is 0.223 e. The van der Waals surface area contributed by atoms with E-state index in [-0.39, 0.29) is 5.82 Å². The second-order valence-electron chi connectivity index (χ2n) is 5.96. The standard InChI is InChI=1S/C17H18FN5O/c1-12-20-16(21-24-12)11-22-7-9-23(10-8-22)15-5-6-19-17-13(15)3-2-4-14(17)18/h2-6H,7-11H2,1H3. The first-order valence-electron chi connectivity index (χ1n) is 8.00. The third-order valence-electron chi connectivity index (χ3n) is 4.35. The maximum absolute atomic E-state index is 13.9. The summed E-state index contributed by atoms with van der Waals surface area (Å²) in [6, 6.07) is 7.07. The minimum absolute atomic E-state index is 0.277. The molecule has 0 N–H and O–H groups in total. The number of pyridine rings is 1. The molecule has 6 nitrogen and oxygen atoms in total. The Bertz CT molecular complexity index is 857. The van der Waals surface area contributed by atoms with Gasteiger partial charge >= 0.3 is 0 Å². The van der Waals surface area contributed by atoms with Crippen LogP contribution < -0.4 is 4.90 Å². The number of nitrogens with zero attached hydrogens (tertiary/aromatic N) is 5. The molecule has 0 bridgehead atoms. The van der Waals surface area contributed by atoms with Crippen molar-refractivity contribution < 1.29 is 8.91 Å². The molecule has 0 amide bonds. The number of aromatic nitrogens is 3. The average Bonchev–Trinajstić information content (AvgIpc) is 3.01. The van der Waals surface area contributed by atoms with Crippen LogP contribution in [0.4, 0.5) is 10.1 Å². The van der Waals surface area contributed by atoms with Crippen molar-refractivity contribution in [3.05, 3.63) is 48.0 Å². The lowest BCUT2D eigenvalue weighted by Gasteiger charge is -2.36. The number of rotatable bonds is 3. The number of halogens is 1. The summed E-state index contributed by atoms with van der Waals surface area (Å²) in [7, 11) is 0. The van der Waals surface area contributed by atoms with Crippen molar-refractivity contribution in [2.75, 3.05) is 31.1 Å². The van der Waals surface area contributed by atoms with E-state index in [1.165, 1.54) is 6.07 Å². The number of para-hydroxylation sites is 1. The van der Waals surface area contributed by atoms with Crippen molar-refractivity contribution in [2.24, 2.45) is 0 Å². The fraction of sp³-hybridized carbons (Fsp3) is 0.353. The number of fused-ring (bicyclic) bond motifs is 1. The van der Waals surface area contributed by atoms with Gasteiger partial charge in [0.2, 0.25) is 5.89 Å². The second kappa shape index (κ2) is 6.16. The van der Waals surface area contributed by atoms with Crippen molar-refractivity contribution in [1.29, 1.82) is 0 Å². The van der Waals surface area contributed by atoms with E-state index in [0.29, 0.717) is 18.0 Å². The van der Waals surface area contributed by atoms with E-state index in [1.807, 2.05) is 12.1 Å². The molecular weight excluding hydrogens is 309 g/mol. The molecule has 0 saturated carbocycles. The molecule has 1 aliphatic rings. The monoisotopic (exact) mass is 327 g/mol. The minimum Gasteiger partial charge on any atom is -0.368 e. The Balaban J connectivity index is 1.49. The molecule has 0 unspecified atom stereocenters. The average molecular weight is 327 g/mol. The molecule has 124 valence electrons. The summed E-state index contributed by atoms with van der Waals surface area (Å²) >= 11 is 0. The Hall–Kier alpha value is -2.54. The molecular formula is C17H18FN5O. The van der Waals surface area contributed by atoms with Crippen LogP contribution in [0.2, 0.25) is 0 Å². The van der Waals surface area contributed by atoms with Gasteiger partial charge in [0.15, 0.2) is 5.82 Å². The third kappa shape index (κ3) is 2.82. The fourth-order valence-corrected chi connectivity index (χ4v) is 3.15. The van der Waals surface area contributed by atoms with Crippen LogP contribution >= 0.6 is 0 Å². The summed E-state index contributed by atoms with van der Waals surface area (Å²) in [5, 5.41) is 4.81. The van der Waals surface area contributed by atoms with Crippen LogP contribution in [0.1, 0.15) is 11.7 Å². The zero-order valence-corrected chi connectivity index (χ0v) is 13.4. The van der Waals surface area contributed by atoms with Gasteiger partial charge in [-0.3, -0.25) is 9.88 Å². The van der Waals surface area contributed by atoms with Gasteiger partial charge in [-0.15, -0.1) is 0 Å². The maximum Gasteiger partial charge on any atom is 0.223 e. The molecule has 0 aliphatic carbocycles. The topological polar surface area (TPSA) is 58.3 Å². The molecule has 1 aliphatic heterocycles. The highest BCUT2D eigenvalue weighted by Crippen LogP contribution is 2.27. The van der Waals surface area contributed by atoms with E-state index in [9.17, 15) is 4.39 Å². The van der Waals surface area contributed by atoms with Crippen LogP contribution in [0.5, 0.6) is 0 Å². The van der Waals surface area contributed by atoms with Crippen molar-refractivity contribution >= 4 is 16.6 Å².